The first kappa shape index (κ1) is 11.2. The highest BCUT2D eigenvalue weighted by Gasteiger charge is 2.05. The highest BCUT2D eigenvalue weighted by Crippen LogP contribution is 2.18. The molecule has 0 spiro atoms. The van der Waals surface area contributed by atoms with Crippen LogP contribution in [0.25, 0.3) is 5.69 Å². The first-order valence-electron chi connectivity index (χ1n) is 4.68. The van der Waals surface area contributed by atoms with Crippen molar-refractivity contribution in [2.24, 2.45) is 0 Å². The van der Waals surface area contributed by atoms with Gasteiger partial charge in [0.05, 0.1) is 22.1 Å². The van der Waals surface area contributed by atoms with E-state index in [-0.39, 0.29) is 12.4 Å². The van der Waals surface area contributed by atoms with Crippen LogP contribution >= 0.6 is 15.9 Å². The summed E-state index contributed by atoms with van der Waals surface area (Å²) in [6.07, 6.45) is 2.16. The molecule has 0 radical (unpaired) electrons. The SMILES string of the molecule is OCCc1cn(-c2ccc(F)c(Br)c2)nn1. The van der Waals surface area contributed by atoms with Crippen molar-refractivity contribution in [3.63, 3.8) is 0 Å². The van der Waals surface area contributed by atoms with Gasteiger partial charge in [-0.15, -0.1) is 5.10 Å². The summed E-state index contributed by atoms with van der Waals surface area (Å²) in [6.45, 7) is 0.0335. The van der Waals surface area contributed by atoms with Crippen LogP contribution in [-0.2, 0) is 6.42 Å². The lowest BCUT2D eigenvalue weighted by Gasteiger charge is -2.00. The van der Waals surface area contributed by atoms with Gasteiger partial charge in [-0.05, 0) is 34.1 Å². The van der Waals surface area contributed by atoms with E-state index in [1.165, 1.54) is 10.7 Å². The number of benzene rings is 1. The molecule has 1 heterocycles. The number of hydrogen-bond acceptors (Lipinski definition) is 3. The monoisotopic (exact) mass is 285 g/mol. The molecule has 0 unspecified atom stereocenters. The Morgan fingerprint density at radius 1 is 1.44 bits per heavy atom. The molecular formula is C10H9BrFN3O. The molecule has 2 aromatic rings. The standard InChI is InChI=1S/C10H9BrFN3O/c11-9-5-8(1-2-10(9)12)15-6-7(3-4-16)13-14-15/h1-2,5-6,16H,3-4H2. The van der Waals surface area contributed by atoms with Crippen LogP contribution < -0.4 is 0 Å². The number of halogens is 2. The molecule has 0 atom stereocenters. The zero-order valence-corrected chi connectivity index (χ0v) is 9.85. The smallest absolute Gasteiger partial charge is 0.137 e. The lowest BCUT2D eigenvalue weighted by atomic mass is 10.3. The second-order valence-corrected chi connectivity index (χ2v) is 4.08. The third-order valence-electron chi connectivity index (χ3n) is 2.08. The molecule has 0 aliphatic rings. The van der Waals surface area contributed by atoms with Crippen molar-refractivity contribution < 1.29 is 9.50 Å². The van der Waals surface area contributed by atoms with E-state index in [0.29, 0.717) is 22.3 Å². The van der Waals surface area contributed by atoms with Crippen LogP contribution in [0.15, 0.2) is 28.9 Å². The molecule has 0 saturated heterocycles. The maximum Gasteiger partial charge on any atom is 0.137 e. The largest absolute Gasteiger partial charge is 0.396 e. The molecule has 4 nitrogen and oxygen atoms in total. The molecule has 0 bridgehead atoms. The Balaban J connectivity index is 2.31. The number of aromatic nitrogens is 3. The number of hydrogen-bond donors (Lipinski definition) is 1. The van der Waals surface area contributed by atoms with Gasteiger partial charge in [-0.1, -0.05) is 5.21 Å². The van der Waals surface area contributed by atoms with Gasteiger partial charge in [-0.2, -0.15) is 0 Å². The summed E-state index contributed by atoms with van der Waals surface area (Å²) in [6, 6.07) is 4.58. The maximum absolute atomic E-state index is 13.0. The molecule has 0 amide bonds. The third-order valence-corrected chi connectivity index (χ3v) is 2.68. The summed E-state index contributed by atoms with van der Waals surface area (Å²) in [5, 5.41) is 16.5. The second-order valence-electron chi connectivity index (χ2n) is 3.23. The van der Waals surface area contributed by atoms with E-state index in [1.54, 1.807) is 18.3 Å². The summed E-state index contributed by atoms with van der Waals surface area (Å²) in [5.74, 6) is -0.320. The number of aliphatic hydroxyl groups excluding tert-OH is 1. The molecule has 6 heteroatoms. The van der Waals surface area contributed by atoms with E-state index in [2.05, 4.69) is 26.2 Å². The van der Waals surface area contributed by atoms with E-state index in [4.69, 9.17) is 5.11 Å². The van der Waals surface area contributed by atoms with Crippen LogP contribution in [0, 0.1) is 5.82 Å². The van der Waals surface area contributed by atoms with Gasteiger partial charge in [-0.3, -0.25) is 0 Å². The Kier molecular flexibility index (Phi) is 3.31. The van der Waals surface area contributed by atoms with Gasteiger partial charge < -0.3 is 5.11 Å². The fourth-order valence-electron chi connectivity index (χ4n) is 1.28. The van der Waals surface area contributed by atoms with Gasteiger partial charge in [0.25, 0.3) is 0 Å². The van der Waals surface area contributed by atoms with E-state index in [9.17, 15) is 4.39 Å². The molecule has 84 valence electrons. The molecule has 1 N–H and O–H groups in total. The topological polar surface area (TPSA) is 50.9 Å². The second kappa shape index (κ2) is 4.71. The average molecular weight is 286 g/mol. The zero-order valence-electron chi connectivity index (χ0n) is 8.27. The first-order valence-corrected chi connectivity index (χ1v) is 5.47. The molecule has 0 fully saturated rings. The predicted octanol–water partition coefficient (Wildman–Crippen LogP) is 1.70. The molecule has 2 rings (SSSR count). The summed E-state index contributed by atoms with van der Waals surface area (Å²) in [4.78, 5) is 0. The van der Waals surface area contributed by atoms with Crippen LogP contribution in [0.3, 0.4) is 0 Å². The van der Waals surface area contributed by atoms with E-state index < -0.39 is 0 Å². The van der Waals surface area contributed by atoms with Gasteiger partial charge in [-0.25, -0.2) is 9.07 Å². The van der Waals surface area contributed by atoms with E-state index in [1.807, 2.05) is 0 Å². The van der Waals surface area contributed by atoms with Crippen molar-refractivity contribution in [2.45, 2.75) is 6.42 Å². The van der Waals surface area contributed by atoms with Crippen molar-refractivity contribution in [3.8, 4) is 5.69 Å². The molecule has 1 aromatic heterocycles. The summed E-state index contributed by atoms with van der Waals surface area (Å²) in [5.41, 5.74) is 1.41. The number of aliphatic hydroxyl groups is 1. The fourth-order valence-corrected chi connectivity index (χ4v) is 1.65. The summed E-state index contributed by atoms with van der Waals surface area (Å²) >= 11 is 3.10. The third kappa shape index (κ3) is 2.28. The maximum atomic E-state index is 13.0. The van der Waals surface area contributed by atoms with Gasteiger partial charge in [0.2, 0.25) is 0 Å². The van der Waals surface area contributed by atoms with Crippen molar-refractivity contribution in [3.05, 3.63) is 40.4 Å². The quantitative estimate of drug-likeness (QED) is 0.934. The number of rotatable bonds is 3. The Morgan fingerprint density at radius 2 is 2.25 bits per heavy atom. The Labute approximate surface area is 99.8 Å². The summed E-state index contributed by atoms with van der Waals surface area (Å²) in [7, 11) is 0. The molecule has 0 aliphatic heterocycles. The van der Waals surface area contributed by atoms with Crippen LogP contribution in [0.5, 0.6) is 0 Å². The highest BCUT2D eigenvalue weighted by molar-refractivity contribution is 9.10. The van der Waals surface area contributed by atoms with Crippen molar-refractivity contribution in [1.82, 2.24) is 15.0 Å². The van der Waals surface area contributed by atoms with Crippen LogP contribution in [0.4, 0.5) is 4.39 Å². The molecule has 0 aliphatic carbocycles. The first-order chi connectivity index (χ1) is 7.70. The molecule has 0 saturated carbocycles. The molecular weight excluding hydrogens is 277 g/mol. The van der Waals surface area contributed by atoms with Gasteiger partial charge in [0.1, 0.15) is 5.82 Å². The van der Waals surface area contributed by atoms with E-state index in [0.717, 1.165) is 0 Å². The number of nitrogens with zero attached hydrogens (tertiary/aromatic N) is 3. The van der Waals surface area contributed by atoms with Crippen LogP contribution in [-0.4, -0.2) is 26.7 Å². The fraction of sp³-hybridized carbons (Fsp3) is 0.200. The lowest BCUT2D eigenvalue weighted by Crippen LogP contribution is -1.95. The van der Waals surface area contributed by atoms with Gasteiger partial charge in [0, 0.05) is 13.0 Å². The van der Waals surface area contributed by atoms with Crippen molar-refractivity contribution in [1.29, 1.82) is 0 Å². The zero-order chi connectivity index (χ0) is 11.5. The van der Waals surface area contributed by atoms with Crippen LogP contribution in [0.2, 0.25) is 0 Å². The average Bonchev–Trinajstić information content (AvgIpc) is 2.71. The Morgan fingerprint density at radius 3 is 2.94 bits per heavy atom. The molecule has 16 heavy (non-hydrogen) atoms. The minimum atomic E-state index is -0.320. The van der Waals surface area contributed by atoms with Gasteiger partial charge >= 0.3 is 0 Å². The summed E-state index contributed by atoms with van der Waals surface area (Å²) < 4.78 is 14.9. The predicted molar refractivity (Wildman–Crippen MR) is 59.8 cm³/mol. The Bertz CT molecular complexity index is 501. The lowest BCUT2D eigenvalue weighted by molar-refractivity contribution is 0.298. The minimum absolute atomic E-state index is 0.0335. The van der Waals surface area contributed by atoms with Gasteiger partial charge in [0.15, 0.2) is 0 Å². The molecule has 1 aromatic carbocycles. The van der Waals surface area contributed by atoms with Crippen molar-refractivity contribution >= 4 is 15.9 Å². The normalized spacial score (nSPS) is 10.7. The Hall–Kier alpha value is -1.27. The van der Waals surface area contributed by atoms with E-state index >= 15 is 0 Å². The minimum Gasteiger partial charge on any atom is -0.396 e. The van der Waals surface area contributed by atoms with Crippen LogP contribution in [0.1, 0.15) is 5.69 Å². The van der Waals surface area contributed by atoms with Crippen molar-refractivity contribution in [2.75, 3.05) is 6.61 Å². The highest BCUT2D eigenvalue weighted by atomic mass is 79.9.